The number of carbonyl (C=O) groups excluding carboxylic acids is 1. The molecule has 7 heteroatoms. The monoisotopic (exact) mass is 366 g/mol. The molecule has 1 amide bonds. The fourth-order valence-corrected chi connectivity index (χ4v) is 5.05. The summed E-state index contributed by atoms with van der Waals surface area (Å²) < 4.78 is 1.67. The van der Waals surface area contributed by atoms with Gasteiger partial charge in [0.25, 0.3) is 0 Å². The van der Waals surface area contributed by atoms with Crippen molar-refractivity contribution in [1.82, 2.24) is 25.6 Å². The minimum atomic E-state index is 0.00353. The van der Waals surface area contributed by atoms with Gasteiger partial charge in [0, 0.05) is 29.8 Å². The summed E-state index contributed by atoms with van der Waals surface area (Å²) in [6.07, 6.45) is 8.66. The zero-order valence-electron chi connectivity index (χ0n) is 15.4. The summed E-state index contributed by atoms with van der Waals surface area (Å²) in [4.78, 5) is 12.2. The van der Waals surface area contributed by atoms with Crippen LogP contribution in [0, 0.1) is 0 Å². The van der Waals surface area contributed by atoms with Gasteiger partial charge in [-0.3, -0.25) is 10.1 Å². The molecule has 142 valence electrons. The van der Waals surface area contributed by atoms with Crippen molar-refractivity contribution in [1.29, 1.82) is 0 Å². The van der Waals surface area contributed by atoms with Crippen LogP contribution in [-0.2, 0) is 23.2 Å². The van der Waals surface area contributed by atoms with Crippen molar-refractivity contribution in [2.75, 3.05) is 11.9 Å². The predicted molar refractivity (Wildman–Crippen MR) is 102 cm³/mol. The van der Waals surface area contributed by atoms with E-state index in [1.54, 1.807) is 4.68 Å². The SMILES string of the molecule is O=C(Cn1cc(C[C@@]23CCN[C@@H]2Nc2ccccc23)nn1)NC1CCCC1. The summed E-state index contributed by atoms with van der Waals surface area (Å²) in [5.74, 6) is 0.0322. The van der Waals surface area contributed by atoms with Crippen LogP contribution in [0.2, 0.25) is 0 Å². The van der Waals surface area contributed by atoms with E-state index in [1.807, 2.05) is 6.20 Å². The van der Waals surface area contributed by atoms with Gasteiger partial charge < -0.3 is 10.6 Å². The molecular formula is C20H26N6O. The molecule has 1 aliphatic carbocycles. The smallest absolute Gasteiger partial charge is 0.242 e. The number of nitrogens with one attached hydrogen (secondary N) is 3. The Balaban J connectivity index is 1.30. The molecule has 3 N–H and O–H groups in total. The van der Waals surface area contributed by atoms with Gasteiger partial charge in [-0.15, -0.1) is 5.10 Å². The number of rotatable bonds is 5. The minimum absolute atomic E-state index is 0.00353. The molecule has 3 aliphatic rings. The molecule has 1 aromatic carbocycles. The Kier molecular flexibility index (Phi) is 4.11. The molecule has 1 saturated carbocycles. The van der Waals surface area contributed by atoms with Gasteiger partial charge in [-0.1, -0.05) is 36.3 Å². The molecule has 27 heavy (non-hydrogen) atoms. The van der Waals surface area contributed by atoms with E-state index in [1.165, 1.54) is 24.1 Å². The average molecular weight is 366 g/mol. The Morgan fingerprint density at radius 1 is 1.30 bits per heavy atom. The third kappa shape index (κ3) is 3.00. The van der Waals surface area contributed by atoms with Crippen LogP contribution in [0.5, 0.6) is 0 Å². The van der Waals surface area contributed by atoms with Crippen LogP contribution >= 0.6 is 0 Å². The third-order valence-electron chi connectivity index (χ3n) is 6.34. The predicted octanol–water partition coefficient (Wildman–Crippen LogP) is 1.56. The molecule has 2 fully saturated rings. The lowest BCUT2D eigenvalue weighted by Gasteiger charge is -2.28. The van der Waals surface area contributed by atoms with Gasteiger partial charge in [-0.2, -0.15) is 0 Å². The lowest BCUT2D eigenvalue weighted by Crippen LogP contribution is -2.42. The Morgan fingerprint density at radius 2 is 2.15 bits per heavy atom. The Morgan fingerprint density at radius 3 is 3.04 bits per heavy atom. The summed E-state index contributed by atoms with van der Waals surface area (Å²) >= 11 is 0. The van der Waals surface area contributed by atoms with Crippen molar-refractivity contribution in [3.63, 3.8) is 0 Å². The quantitative estimate of drug-likeness (QED) is 0.748. The molecule has 0 spiro atoms. The number of benzene rings is 1. The first-order chi connectivity index (χ1) is 13.2. The molecule has 1 aromatic heterocycles. The highest BCUT2D eigenvalue weighted by molar-refractivity contribution is 5.76. The second kappa shape index (κ2) is 6.64. The Labute approximate surface area is 158 Å². The van der Waals surface area contributed by atoms with Gasteiger partial charge >= 0.3 is 0 Å². The van der Waals surface area contributed by atoms with E-state index >= 15 is 0 Å². The summed E-state index contributed by atoms with van der Waals surface area (Å²) in [5.41, 5.74) is 3.51. The van der Waals surface area contributed by atoms with Gasteiger partial charge in [-0.05, 0) is 37.4 Å². The summed E-state index contributed by atoms with van der Waals surface area (Å²) in [7, 11) is 0. The lowest BCUT2D eigenvalue weighted by atomic mass is 9.76. The molecule has 7 nitrogen and oxygen atoms in total. The largest absolute Gasteiger partial charge is 0.369 e. The van der Waals surface area contributed by atoms with E-state index in [0.29, 0.717) is 6.04 Å². The van der Waals surface area contributed by atoms with Gasteiger partial charge in [0.15, 0.2) is 0 Å². The number of amides is 1. The number of hydrogen-bond acceptors (Lipinski definition) is 5. The standard InChI is InChI=1S/C20H26N6O/c27-18(22-14-5-1-2-6-14)13-26-12-15(24-25-26)11-20-9-10-21-19(20)23-17-8-4-3-7-16(17)20/h3-4,7-8,12,14,19,21,23H,1-2,5-6,9-11,13H2,(H,22,27)/t19-,20-/m1/s1. The van der Waals surface area contributed by atoms with E-state index in [4.69, 9.17) is 0 Å². The molecule has 0 bridgehead atoms. The van der Waals surface area contributed by atoms with Crippen LogP contribution in [0.3, 0.4) is 0 Å². The summed E-state index contributed by atoms with van der Waals surface area (Å²) in [6.45, 7) is 1.23. The zero-order chi connectivity index (χ0) is 18.3. The fraction of sp³-hybridized carbons (Fsp3) is 0.550. The topological polar surface area (TPSA) is 83.9 Å². The summed E-state index contributed by atoms with van der Waals surface area (Å²) in [5, 5.41) is 18.9. The third-order valence-corrected chi connectivity index (χ3v) is 6.34. The zero-order valence-corrected chi connectivity index (χ0v) is 15.4. The molecule has 2 atom stereocenters. The molecule has 1 saturated heterocycles. The fourth-order valence-electron chi connectivity index (χ4n) is 5.05. The molecule has 2 aromatic rings. The van der Waals surface area contributed by atoms with Gasteiger partial charge in [0.2, 0.25) is 5.91 Å². The highest BCUT2D eigenvalue weighted by Crippen LogP contribution is 2.46. The van der Waals surface area contributed by atoms with Crippen LogP contribution in [-0.4, -0.2) is 39.7 Å². The molecule has 0 radical (unpaired) electrons. The summed E-state index contributed by atoms with van der Waals surface area (Å²) in [6, 6.07) is 8.87. The van der Waals surface area contributed by atoms with E-state index in [2.05, 4.69) is 50.5 Å². The number of carbonyl (C=O) groups is 1. The van der Waals surface area contributed by atoms with Crippen LogP contribution < -0.4 is 16.0 Å². The van der Waals surface area contributed by atoms with Crippen LogP contribution in [0.25, 0.3) is 0 Å². The van der Waals surface area contributed by atoms with Gasteiger partial charge in [-0.25, -0.2) is 4.68 Å². The van der Waals surface area contributed by atoms with Crippen molar-refractivity contribution >= 4 is 11.6 Å². The van der Waals surface area contributed by atoms with E-state index in [-0.39, 0.29) is 24.0 Å². The normalized spacial score (nSPS) is 26.6. The number of nitrogens with zero attached hydrogens (tertiary/aromatic N) is 3. The van der Waals surface area contributed by atoms with E-state index < -0.39 is 0 Å². The number of anilines is 1. The second-order valence-electron chi connectivity index (χ2n) is 8.12. The first-order valence-corrected chi connectivity index (χ1v) is 10.0. The molecule has 0 unspecified atom stereocenters. The van der Waals surface area contributed by atoms with Crippen LogP contribution in [0.15, 0.2) is 30.5 Å². The van der Waals surface area contributed by atoms with Gasteiger partial charge in [0.1, 0.15) is 6.54 Å². The number of para-hydroxylation sites is 1. The molecule has 3 heterocycles. The first kappa shape index (κ1) is 16.7. The Bertz CT molecular complexity index is 843. The van der Waals surface area contributed by atoms with Crippen LogP contribution in [0.4, 0.5) is 5.69 Å². The Hall–Kier alpha value is -2.41. The second-order valence-corrected chi connectivity index (χ2v) is 8.12. The highest BCUT2D eigenvalue weighted by atomic mass is 16.2. The number of hydrogen-bond donors (Lipinski definition) is 3. The van der Waals surface area contributed by atoms with Crippen molar-refractivity contribution < 1.29 is 4.79 Å². The van der Waals surface area contributed by atoms with E-state index in [9.17, 15) is 4.79 Å². The van der Waals surface area contributed by atoms with Crippen molar-refractivity contribution in [3.8, 4) is 0 Å². The number of fused-ring (bicyclic) bond motifs is 3. The molecule has 5 rings (SSSR count). The van der Waals surface area contributed by atoms with Crippen LogP contribution in [0.1, 0.15) is 43.4 Å². The highest BCUT2D eigenvalue weighted by Gasteiger charge is 2.50. The van der Waals surface area contributed by atoms with Gasteiger partial charge in [0.05, 0.1) is 11.9 Å². The van der Waals surface area contributed by atoms with Crippen molar-refractivity contribution in [2.45, 2.75) is 62.7 Å². The maximum Gasteiger partial charge on any atom is 0.242 e. The number of aromatic nitrogens is 3. The maximum atomic E-state index is 12.2. The molecule has 2 aliphatic heterocycles. The lowest BCUT2D eigenvalue weighted by molar-refractivity contribution is -0.122. The minimum Gasteiger partial charge on any atom is -0.369 e. The first-order valence-electron chi connectivity index (χ1n) is 10.0. The molecular weight excluding hydrogens is 340 g/mol. The average Bonchev–Trinajstić information content (AvgIpc) is 3.41. The van der Waals surface area contributed by atoms with Crippen molar-refractivity contribution in [3.05, 3.63) is 41.7 Å². The maximum absolute atomic E-state index is 12.2. The van der Waals surface area contributed by atoms with E-state index in [0.717, 1.165) is 37.9 Å². The van der Waals surface area contributed by atoms with Crippen molar-refractivity contribution in [2.24, 2.45) is 0 Å².